The number of halogens is 1. The Balaban J connectivity index is 3.25. The number of aliphatic hydroxyl groups is 1. The number of nitrogens with zero attached hydrogens (tertiary/aromatic N) is 1. The van der Waals surface area contributed by atoms with Gasteiger partial charge in [-0.2, -0.15) is 4.31 Å². The molecule has 0 amide bonds. The van der Waals surface area contributed by atoms with Crippen LogP contribution in [0.3, 0.4) is 0 Å². The second-order valence-corrected chi connectivity index (χ2v) is 5.49. The maximum atomic E-state index is 13.3. The molecule has 1 rings (SSSR count). The maximum Gasteiger partial charge on any atom is 0.243 e. The first-order valence-corrected chi connectivity index (χ1v) is 6.75. The van der Waals surface area contributed by atoms with E-state index in [2.05, 4.69) is 0 Å². The Bertz CT molecular complexity index is 487. The van der Waals surface area contributed by atoms with Crippen molar-refractivity contribution in [3.05, 3.63) is 29.6 Å². The normalized spacial score (nSPS) is 12.1. The molecule has 1 aromatic carbocycles. The second-order valence-electron chi connectivity index (χ2n) is 3.58. The Morgan fingerprint density at radius 2 is 2.06 bits per heavy atom. The minimum Gasteiger partial charge on any atom is -0.395 e. The lowest BCUT2D eigenvalue weighted by Gasteiger charge is -2.20. The number of sulfonamides is 1. The van der Waals surface area contributed by atoms with Crippen molar-refractivity contribution in [2.45, 2.75) is 18.7 Å². The first-order valence-electron chi connectivity index (χ1n) is 5.31. The third kappa shape index (κ3) is 2.83. The number of aliphatic hydroxyl groups excluding tert-OH is 1. The maximum absolute atomic E-state index is 13.3. The fourth-order valence-electron chi connectivity index (χ4n) is 1.57. The van der Waals surface area contributed by atoms with Gasteiger partial charge in [0.2, 0.25) is 10.0 Å². The van der Waals surface area contributed by atoms with E-state index in [4.69, 9.17) is 5.11 Å². The monoisotopic (exact) mass is 261 g/mol. The minimum absolute atomic E-state index is 0.00872. The first kappa shape index (κ1) is 14.1. The molecular weight excluding hydrogens is 245 g/mol. The molecule has 0 unspecified atom stereocenters. The third-order valence-corrected chi connectivity index (χ3v) is 4.66. The van der Waals surface area contributed by atoms with Crippen molar-refractivity contribution in [2.75, 3.05) is 19.7 Å². The van der Waals surface area contributed by atoms with E-state index in [0.29, 0.717) is 0 Å². The van der Waals surface area contributed by atoms with Crippen molar-refractivity contribution in [1.82, 2.24) is 4.31 Å². The van der Waals surface area contributed by atoms with Crippen LogP contribution in [0, 0.1) is 12.7 Å². The zero-order valence-corrected chi connectivity index (χ0v) is 10.7. The summed E-state index contributed by atoms with van der Waals surface area (Å²) in [5.74, 6) is -0.550. The van der Waals surface area contributed by atoms with Gasteiger partial charge in [-0.1, -0.05) is 13.0 Å². The summed E-state index contributed by atoms with van der Waals surface area (Å²) in [6.45, 7) is 3.08. The molecule has 1 N–H and O–H groups in total. The van der Waals surface area contributed by atoms with E-state index in [0.717, 1.165) is 4.31 Å². The summed E-state index contributed by atoms with van der Waals surface area (Å²) in [6.07, 6.45) is 0. The van der Waals surface area contributed by atoms with E-state index in [1.54, 1.807) is 6.92 Å². The van der Waals surface area contributed by atoms with Crippen LogP contribution in [0.1, 0.15) is 12.5 Å². The van der Waals surface area contributed by atoms with E-state index in [-0.39, 0.29) is 30.2 Å². The van der Waals surface area contributed by atoms with Crippen LogP contribution in [0.4, 0.5) is 4.39 Å². The third-order valence-electron chi connectivity index (χ3n) is 2.54. The van der Waals surface area contributed by atoms with Crippen LogP contribution < -0.4 is 0 Å². The van der Waals surface area contributed by atoms with E-state index >= 15 is 0 Å². The molecule has 0 aliphatic heterocycles. The molecule has 0 aliphatic carbocycles. The van der Waals surface area contributed by atoms with E-state index < -0.39 is 15.8 Å². The summed E-state index contributed by atoms with van der Waals surface area (Å²) >= 11 is 0. The standard InChI is InChI=1S/C11H16FNO3S/c1-3-13(7-8-14)17(15,16)11-6-4-5-10(12)9(11)2/h4-6,14H,3,7-8H2,1-2H3. The predicted octanol–water partition coefficient (Wildman–Crippen LogP) is 1.14. The zero-order chi connectivity index (χ0) is 13.1. The molecule has 1 aromatic rings. The molecule has 6 heteroatoms. The summed E-state index contributed by atoms with van der Waals surface area (Å²) in [5.41, 5.74) is 0.101. The summed E-state index contributed by atoms with van der Waals surface area (Å²) < 4.78 is 38.8. The van der Waals surface area contributed by atoms with Gasteiger partial charge in [0.15, 0.2) is 0 Å². The molecule has 0 saturated heterocycles. The number of benzene rings is 1. The fraction of sp³-hybridized carbons (Fsp3) is 0.455. The van der Waals surface area contributed by atoms with Crippen molar-refractivity contribution >= 4 is 10.0 Å². The average Bonchev–Trinajstić information content (AvgIpc) is 2.29. The number of hydrogen-bond donors (Lipinski definition) is 1. The topological polar surface area (TPSA) is 57.6 Å². The molecule has 17 heavy (non-hydrogen) atoms. The number of likely N-dealkylation sites (N-methyl/N-ethyl adjacent to an activating group) is 1. The highest BCUT2D eigenvalue weighted by molar-refractivity contribution is 7.89. The van der Waals surface area contributed by atoms with Crippen LogP contribution in [-0.4, -0.2) is 37.5 Å². The molecule has 0 aromatic heterocycles. The van der Waals surface area contributed by atoms with Crippen LogP contribution in [0.2, 0.25) is 0 Å². The van der Waals surface area contributed by atoms with Crippen LogP contribution in [0.25, 0.3) is 0 Å². The summed E-state index contributed by atoms with van der Waals surface area (Å²) in [4.78, 5) is -0.0483. The van der Waals surface area contributed by atoms with E-state index in [9.17, 15) is 12.8 Å². The lowest BCUT2D eigenvalue weighted by Crippen LogP contribution is -2.33. The van der Waals surface area contributed by atoms with Crippen LogP contribution in [-0.2, 0) is 10.0 Å². The molecule has 96 valence electrons. The van der Waals surface area contributed by atoms with Gasteiger partial charge in [-0.3, -0.25) is 0 Å². The zero-order valence-electron chi connectivity index (χ0n) is 9.85. The molecule has 0 atom stereocenters. The van der Waals surface area contributed by atoms with Gasteiger partial charge < -0.3 is 5.11 Å². The quantitative estimate of drug-likeness (QED) is 0.864. The Hall–Kier alpha value is -0.980. The van der Waals surface area contributed by atoms with Crippen molar-refractivity contribution in [2.24, 2.45) is 0 Å². The molecule has 0 spiro atoms. The van der Waals surface area contributed by atoms with Gasteiger partial charge in [-0.15, -0.1) is 0 Å². The van der Waals surface area contributed by atoms with Crippen LogP contribution in [0.15, 0.2) is 23.1 Å². The highest BCUT2D eigenvalue weighted by Crippen LogP contribution is 2.21. The molecule has 0 aliphatic rings. The van der Waals surface area contributed by atoms with Gasteiger partial charge in [0.1, 0.15) is 5.82 Å². The largest absolute Gasteiger partial charge is 0.395 e. The first-order chi connectivity index (χ1) is 7.95. The molecule has 0 heterocycles. The van der Waals surface area contributed by atoms with Crippen molar-refractivity contribution in [1.29, 1.82) is 0 Å². The molecular formula is C11H16FNO3S. The van der Waals surface area contributed by atoms with Gasteiger partial charge in [-0.05, 0) is 19.1 Å². The smallest absolute Gasteiger partial charge is 0.243 e. The van der Waals surface area contributed by atoms with Gasteiger partial charge in [-0.25, -0.2) is 12.8 Å². The Labute approximate surface area is 101 Å². The number of rotatable bonds is 5. The SMILES string of the molecule is CCN(CCO)S(=O)(=O)c1cccc(F)c1C. The minimum atomic E-state index is -3.73. The second kappa shape index (κ2) is 5.57. The predicted molar refractivity (Wildman–Crippen MR) is 62.7 cm³/mol. The van der Waals surface area contributed by atoms with Crippen molar-refractivity contribution in [3.63, 3.8) is 0 Å². The number of hydrogen-bond acceptors (Lipinski definition) is 3. The fourth-order valence-corrected chi connectivity index (χ4v) is 3.24. The summed E-state index contributed by atoms with van der Waals surface area (Å²) in [5, 5.41) is 8.82. The van der Waals surface area contributed by atoms with Gasteiger partial charge in [0.05, 0.1) is 11.5 Å². The lowest BCUT2D eigenvalue weighted by molar-refractivity contribution is 0.257. The van der Waals surface area contributed by atoms with Gasteiger partial charge >= 0.3 is 0 Å². The lowest BCUT2D eigenvalue weighted by atomic mass is 10.2. The van der Waals surface area contributed by atoms with Crippen LogP contribution >= 0.6 is 0 Å². The molecule has 0 fully saturated rings. The van der Waals surface area contributed by atoms with E-state index in [1.165, 1.54) is 25.1 Å². The average molecular weight is 261 g/mol. The molecule has 0 radical (unpaired) electrons. The van der Waals surface area contributed by atoms with Gasteiger partial charge in [0, 0.05) is 18.7 Å². The highest BCUT2D eigenvalue weighted by atomic mass is 32.2. The van der Waals surface area contributed by atoms with Crippen LogP contribution in [0.5, 0.6) is 0 Å². The Morgan fingerprint density at radius 3 is 2.59 bits per heavy atom. The van der Waals surface area contributed by atoms with Gasteiger partial charge in [0.25, 0.3) is 0 Å². The summed E-state index contributed by atoms with van der Waals surface area (Å²) in [7, 11) is -3.73. The molecule has 4 nitrogen and oxygen atoms in total. The Morgan fingerprint density at radius 1 is 1.41 bits per heavy atom. The van der Waals surface area contributed by atoms with Crippen molar-refractivity contribution in [3.8, 4) is 0 Å². The Kier molecular flexibility index (Phi) is 4.62. The highest BCUT2D eigenvalue weighted by Gasteiger charge is 2.25. The molecule has 0 saturated carbocycles. The van der Waals surface area contributed by atoms with E-state index in [1.807, 2.05) is 0 Å². The summed E-state index contributed by atoms with van der Waals surface area (Å²) in [6, 6.07) is 3.95. The molecule has 0 bridgehead atoms. The van der Waals surface area contributed by atoms with Crippen molar-refractivity contribution < 1.29 is 17.9 Å².